The Labute approximate surface area is 171 Å². The summed E-state index contributed by atoms with van der Waals surface area (Å²) in [7, 11) is 0. The summed E-state index contributed by atoms with van der Waals surface area (Å²) in [4.78, 5) is 29.7. The lowest BCUT2D eigenvalue weighted by atomic mass is 9.97. The molecule has 0 radical (unpaired) electrons. The molecule has 142 valence electrons. The van der Waals surface area contributed by atoms with Gasteiger partial charge in [0.2, 0.25) is 0 Å². The molecule has 0 bridgehead atoms. The number of nitrogens with zero attached hydrogens (tertiary/aromatic N) is 2. The van der Waals surface area contributed by atoms with Crippen LogP contribution in [0.3, 0.4) is 0 Å². The molecule has 0 unspecified atom stereocenters. The molecule has 3 aromatic carbocycles. The number of benzene rings is 3. The molecular weight excluding hydrogens is 384 g/mol. The highest BCUT2D eigenvalue weighted by Gasteiger charge is 2.25. The second-order valence-electron chi connectivity index (χ2n) is 6.63. The minimum Gasteiger partial charge on any atom is -0.454 e. The monoisotopic (exact) mass is 400 g/mol. The molecule has 6 heteroatoms. The Bertz CT molecular complexity index is 1230. The second kappa shape index (κ2) is 7.82. The van der Waals surface area contributed by atoms with Gasteiger partial charge in [-0.3, -0.25) is 4.79 Å². The average Bonchev–Trinajstić information content (AvgIpc) is 3.16. The van der Waals surface area contributed by atoms with Gasteiger partial charge in [0.15, 0.2) is 18.3 Å². The van der Waals surface area contributed by atoms with Crippen molar-refractivity contribution in [1.29, 1.82) is 5.26 Å². The third kappa shape index (κ3) is 3.60. The molecule has 1 atom stereocenters. The molecule has 4 aromatic rings. The van der Waals surface area contributed by atoms with E-state index in [2.05, 4.69) is 4.98 Å². The summed E-state index contributed by atoms with van der Waals surface area (Å²) < 4.78 is 5.35. The molecule has 0 saturated carbocycles. The topological polar surface area (TPSA) is 80.0 Å². The molecule has 0 aliphatic heterocycles. The van der Waals surface area contributed by atoms with Crippen molar-refractivity contribution < 1.29 is 14.3 Å². The van der Waals surface area contributed by atoms with Crippen LogP contribution in [0, 0.1) is 18.3 Å². The molecule has 0 spiro atoms. The van der Waals surface area contributed by atoms with Crippen LogP contribution >= 0.6 is 11.3 Å². The minimum atomic E-state index is -1.04. The van der Waals surface area contributed by atoms with Crippen LogP contribution < -0.4 is 0 Å². The summed E-state index contributed by atoms with van der Waals surface area (Å²) >= 11 is 1.25. The first kappa shape index (κ1) is 18.8. The molecule has 4 rings (SSSR count). The van der Waals surface area contributed by atoms with Gasteiger partial charge in [0.25, 0.3) is 0 Å². The van der Waals surface area contributed by atoms with E-state index in [9.17, 15) is 14.9 Å². The van der Waals surface area contributed by atoms with E-state index in [1.807, 2.05) is 60.7 Å². The van der Waals surface area contributed by atoms with Gasteiger partial charge in [-0.2, -0.15) is 5.26 Å². The molecule has 0 amide bonds. The zero-order valence-electron chi connectivity index (χ0n) is 15.6. The van der Waals surface area contributed by atoms with E-state index in [4.69, 9.17) is 4.74 Å². The van der Waals surface area contributed by atoms with E-state index in [0.717, 1.165) is 27.2 Å². The van der Waals surface area contributed by atoms with Gasteiger partial charge in [0, 0.05) is 11.1 Å². The van der Waals surface area contributed by atoms with Crippen molar-refractivity contribution in [3.8, 4) is 6.07 Å². The van der Waals surface area contributed by atoms with Crippen molar-refractivity contribution >= 4 is 44.6 Å². The summed E-state index contributed by atoms with van der Waals surface area (Å²) in [6.07, 6.45) is 0. The van der Waals surface area contributed by atoms with Crippen molar-refractivity contribution in [2.45, 2.75) is 12.8 Å². The molecule has 1 heterocycles. The van der Waals surface area contributed by atoms with Crippen molar-refractivity contribution in [3.63, 3.8) is 0 Å². The zero-order chi connectivity index (χ0) is 20.4. The first-order valence-corrected chi connectivity index (χ1v) is 9.88. The Morgan fingerprint density at radius 3 is 2.28 bits per heavy atom. The largest absolute Gasteiger partial charge is 0.454 e. The molecule has 1 aromatic heterocycles. The SMILES string of the molecule is Cc1csc([C@H](C#N)C(=O)COC(=O)c2c3ccccc3cc3ccccc23)n1. The van der Waals surface area contributed by atoms with Crippen molar-refractivity contribution in [2.75, 3.05) is 6.61 Å². The number of aryl methyl sites for hydroxylation is 1. The molecule has 5 nitrogen and oxygen atoms in total. The molecule has 0 saturated heterocycles. The Balaban J connectivity index is 1.64. The standard InChI is InChI=1S/C23H16N2O3S/c1-14-13-29-22(25-14)19(11-24)20(26)12-28-23(27)21-17-8-4-2-6-15(17)10-16-7-3-5-9-18(16)21/h2-10,13,19H,12H2,1H3/t19-/m1/s1. The molecule has 0 N–H and O–H groups in total. The Morgan fingerprint density at radius 1 is 1.10 bits per heavy atom. The number of aromatic nitrogens is 1. The first-order chi connectivity index (χ1) is 14.1. The number of Topliss-reactive ketones (excluding diaryl/α,β-unsaturated/α-hetero) is 1. The number of thiazole rings is 1. The molecule has 0 aliphatic carbocycles. The van der Waals surface area contributed by atoms with Gasteiger partial charge in [-0.1, -0.05) is 48.5 Å². The number of carbonyl (C=O) groups is 2. The van der Waals surface area contributed by atoms with Crippen LogP contribution in [0.4, 0.5) is 0 Å². The number of carbonyl (C=O) groups excluding carboxylic acids is 2. The maximum absolute atomic E-state index is 13.0. The number of esters is 1. The number of ketones is 1. The van der Waals surface area contributed by atoms with Gasteiger partial charge in [-0.05, 0) is 34.5 Å². The normalized spacial score (nSPS) is 11.9. The number of nitriles is 1. The van der Waals surface area contributed by atoms with Crippen LogP contribution in [0.5, 0.6) is 0 Å². The fraction of sp³-hybridized carbons (Fsp3) is 0.130. The van der Waals surface area contributed by atoms with E-state index < -0.39 is 24.3 Å². The van der Waals surface area contributed by atoms with Crippen LogP contribution in [0.1, 0.15) is 27.0 Å². The van der Waals surface area contributed by atoms with Crippen molar-refractivity contribution in [2.24, 2.45) is 0 Å². The number of rotatable bonds is 5. The molecule has 0 fully saturated rings. The fourth-order valence-corrected chi connectivity index (χ4v) is 4.16. The predicted octanol–water partition coefficient (Wildman–Crippen LogP) is 4.79. The second-order valence-corrected chi connectivity index (χ2v) is 7.52. The third-order valence-electron chi connectivity index (χ3n) is 4.66. The van der Waals surface area contributed by atoms with Crippen LogP contribution in [0.25, 0.3) is 21.5 Å². The number of ether oxygens (including phenoxy) is 1. The fourth-order valence-electron chi connectivity index (χ4n) is 3.30. The first-order valence-electron chi connectivity index (χ1n) is 9.00. The Morgan fingerprint density at radius 2 is 1.72 bits per heavy atom. The molecule has 29 heavy (non-hydrogen) atoms. The van der Waals surface area contributed by atoms with Crippen molar-refractivity contribution in [3.05, 3.63) is 76.2 Å². The third-order valence-corrected chi connectivity index (χ3v) is 5.68. The maximum Gasteiger partial charge on any atom is 0.339 e. The maximum atomic E-state index is 13.0. The van der Waals surface area contributed by atoms with Crippen LogP contribution in [-0.2, 0) is 9.53 Å². The zero-order valence-corrected chi connectivity index (χ0v) is 16.4. The smallest absolute Gasteiger partial charge is 0.339 e. The number of hydrogen-bond acceptors (Lipinski definition) is 6. The summed E-state index contributed by atoms with van der Waals surface area (Å²) in [6.45, 7) is 1.32. The summed E-state index contributed by atoms with van der Waals surface area (Å²) in [5.41, 5.74) is 1.17. The van der Waals surface area contributed by atoms with E-state index in [0.29, 0.717) is 10.6 Å². The van der Waals surface area contributed by atoms with Crippen LogP contribution in [0.15, 0.2) is 60.0 Å². The van der Waals surface area contributed by atoms with Crippen molar-refractivity contribution in [1.82, 2.24) is 4.98 Å². The van der Waals surface area contributed by atoms with Gasteiger partial charge in [0.05, 0.1) is 11.6 Å². The summed E-state index contributed by atoms with van der Waals surface area (Å²) in [6, 6.07) is 19.1. The lowest BCUT2D eigenvalue weighted by Gasteiger charge is -2.12. The highest BCUT2D eigenvalue weighted by atomic mass is 32.1. The minimum absolute atomic E-state index is 0.418. The van der Waals surface area contributed by atoms with E-state index in [-0.39, 0.29) is 0 Å². The predicted molar refractivity (Wildman–Crippen MR) is 112 cm³/mol. The number of hydrogen-bond donors (Lipinski definition) is 0. The van der Waals surface area contributed by atoms with Gasteiger partial charge in [-0.15, -0.1) is 11.3 Å². The van der Waals surface area contributed by atoms with Gasteiger partial charge in [0.1, 0.15) is 5.01 Å². The quantitative estimate of drug-likeness (QED) is 0.355. The Kier molecular flexibility index (Phi) is 5.07. The van der Waals surface area contributed by atoms with Crippen LogP contribution in [-0.4, -0.2) is 23.3 Å². The van der Waals surface area contributed by atoms with Crippen LogP contribution in [0.2, 0.25) is 0 Å². The van der Waals surface area contributed by atoms with E-state index in [1.54, 1.807) is 12.3 Å². The summed E-state index contributed by atoms with van der Waals surface area (Å²) in [5.74, 6) is -2.11. The molecular formula is C23H16N2O3S. The summed E-state index contributed by atoms with van der Waals surface area (Å²) in [5, 5.41) is 14.9. The lowest BCUT2D eigenvalue weighted by molar-refractivity contribution is -0.122. The molecule has 0 aliphatic rings. The van der Waals surface area contributed by atoms with Gasteiger partial charge < -0.3 is 4.74 Å². The Hall–Kier alpha value is -3.56. The van der Waals surface area contributed by atoms with E-state index >= 15 is 0 Å². The highest BCUT2D eigenvalue weighted by molar-refractivity contribution is 7.09. The van der Waals surface area contributed by atoms with Gasteiger partial charge in [-0.25, -0.2) is 9.78 Å². The van der Waals surface area contributed by atoms with Gasteiger partial charge >= 0.3 is 5.97 Å². The lowest BCUT2D eigenvalue weighted by Crippen LogP contribution is -2.20. The highest BCUT2D eigenvalue weighted by Crippen LogP contribution is 2.29. The average molecular weight is 400 g/mol. The number of fused-ring (bicyclic) bond motifs is 2. The van der Waals surface area contributed by atoms with E-state index in [1.165, 1.54) is 11.3 Å².